The molecule has 0 spiro atoms. The zero-order chi connectivity index (χ0) is 14.0. The van der Waals surface area contributed by atoms with Gasteiger partial charge in [0.1, 0.15) is 11.8 Å². The van der Waals surface area contributed by atoms with Crippen LogP contribution in [0, 0.1) is 0 Å². The summed E-state index contributed by atoms with van der Waals surface area (Å²) in [5.74, 6) is -0.338. The van der Waals surface area contributed by atoms with Gasteiger partial charge in [0.15, 0.2) is 0 Å². The van der Waals surface area contributed by atoms with Crippen molar-refractivity contribution in [2.24, 2.45) is 0 Å². The van der Waals surface area contributed by atoms with Gasteiger partial charge in [0, 0.05) is 36.2 Å². The number of aromatic hydroxyl groups is 1. The first-order chi connectivity index (χ1) is 8.89. The van der Waals surface area contributed by atoms with Crippen LogP contribution in [0.2, 0.25) is 0 Å². The summed E-state index contributed by atoms with van der Waals surface area (Å²) in [5, 5.41) is 12.8. The van der Waals surface area contributed by atoms with Crippen molar-refractivity contribution in [3.05, 3.63) is 28.2 Å². The van der Waals surface area contributed by atoms with Crippen molar-refractivity contribution in [1.82, 2.24) is 10.2 Å². The maximum Gasteiger partial charge on any atom is 0.408 e. The molecule has 1 saturated heterocycles. The predicted molar refractivity (Wildman–Crippen MR) is 76.3 cm³/mol. The zero-order valence-corrected chi connectivity index (χ0v) is 12.9. The van der Waals surface area contributed by atoms with E-state index in [1.54, 1.807) is 0 Å². The second-order valence-corrected chi connectivity index (χ2v) is 5.35. The molecule has 1 aromatic carbocycles. The van der Waals surface area contributed by atoms with Crippen molar-refractivity contribution in [3.63, 3.8) is 0 Å². The van der Waals surface area contributed by atoms with Gasteiger partial charge in [-0.1, -0.05) is 22.0 Å². The van der Waals surface area contributed by atoms with E-state index in [4.69, 9.17) is 0 Å². The van der Waals surface area contributed by atoms with Crippen molar-refractivity contribution in [3.8, 4) is 5.75 Å². The normalized spacial score (nSPS) is 18.4. The van der Waals surface area contributed by atoms with E-state index in [-0.39, 0.29) is 23.7 Å². The van der Waals surface area contributed by atoms with E-state index >= 15 is 0 Å². The molecule has 1 fully saturated rings. The molecule has 1 aromatic rings. The lowest BCUT2D eigenvalue weighted by atomic mass is 10.0. The van der Waals surface area contributed by atoms with E-state index in [0.29, 0.717) is 30.7 Å². The Hall–Kier alpha value is -0.500. The van der Waals surface area contributed by atoms with Crippen molar-refractivity contribution >= 4 is 28.3 Å². The van der Waals surface area contributed by atoms with Crippen LogP contribution in [0.15, 0.2) is 22.7 Å². The molecule has 3 nitrogen and oxygen atoms in total. The van der Waals surface area contributed by atoms with Crippen molar-refractivity contribution in [1.29, 1.82) is 0 Å². The maximum absolute atomic E-state index is 13.3. The first-order valence-electron chi connectivity index (χ1n) is 5.89. The van der Waals surface area contributed by atoms with Crippen LogP contribution >= 0.6 is 28.3 Å². The highest BCUT2D eigenvalue weighted by Crippen LogP contribution is 2.41. The molecule has 0 unspecified atom stereocenters. The molecule has 0 radical (unpaired) electrons. The van der Waals surface area contributed by atoms with Crippen LogP contribution in [0.4, 0.5) is 13.2 Å². The number of halogens is 5. The Bertz CT molecular complexity index is 453. The van der Waals surface area contributed by atoms with Gasteiger partial charge in [0.25, 0.3) is 0 Å². The van der Waals surface area contributed by atoms with Gasteiger partial charge in [-0.3, -0.25) is 4.90 Å². The van der Waals surface area contributed by atoms with Crippen LogP contribution in [0.3, 0.4) is 0 Å². The minimum absolute atomic E-state index is 0. The number of phenols is 1. The molecule has 0 saturated carbocycles. The van der Waals surface area contributed by atoms with Crippen molar-refractivity contribution in [2.45, 2.75) is 12.2 Å². The maximum atomic E-state index is 13.3. The summed E-state index contributed by atoms with van der Waals surface area (Å²) >= 11 is 3.13. The molecule has 0 amide bonds. The molecular weight excluding hydrogens is 360 g/mol. The fourth-order valence-corrected chi connectivity index (χ4v) is 2.62. The van der Waals surface area contributed by atoms with Gasteiger partial charge >= 0.3 is 6.18 Å². The molecule has 1 heterocycles. The Balaban J connectivity index is 0.00000200. The third-order valence-corrected chi connectivity index (χ3v) is 3.61. The summed E-state index contributed by atoms with van der Waals surface area (Å²) in [4.78, 5) is 1.35. The van der Waals surface area contributed by atoms with Gasteiger partial charge in [-0.05, 0) is 12.1 Å². The van der Waals surface area contributed by atoms with Gasteiger partial charge < -0.3 is 10.4 Å². The summed E-state index contributed by atoms with van der Waals surface area (Å²) in [5.41, 5.74) is -0.0994. The Labute approximate surface area is 129 Å². The smallest absolute Gasteiger partial charge is 0.408 e. The molecule has 0 aliphatic carbocycles. The van der Waals surface area contributed by atoms with E-state index in [1.165, 1.54) is 23.1 Å². The number of rotatable bonds is 2. The van der Waals surface area contributed by atoms with Crippen LogP contribution in [0.25, 0.3) is 0 Å². The first kappa shape index (κ1) is 17.6. The minimum Gasteiger partial charge on any atom is -0.508 e. The van der Waals surface area contributed by atoms with Gasteiger partial charge in [-0.25, -0.2) is 0 Å². The van der Waals surface area contributed by atoms with Gasteiger partial charge in [-0.15, -0.1) is 12.4 Å². The summed E-state index contributed by atoms with van der Waals surface area (Å²) in [6.45, 7) is 1.65. The molecule has 1 aliphatic rings. The number of piperazine rings is 1. The number of hydrogen-bond donors (Lipinski definition) is 2. The highest BCUT2D eigenvalue weighted by Gasteiger charge is 2.46. The van der Waals surface area contributed by atoms with Crippen LogP contribution in [0.1, 0.15) is 11.6 Å². The van der Waals surface area contributed by atoms with Crippen LogP contribution < -0.4 is 5.32 Å². The van der Waals surface area contributed by atoms with Crippen LogP contribution in [0.5, 0.6) is 5.75 Å². The summed E-state index contributed by atoms with van der Waals surface area (Å²) in [7, 11) is 0. The third kappa shape index (κ3) is 4.00. The summed E-state index contributed by atoms with van der Waals surface area (Å²) < 4.78 is 40.4. The molecule has 0 aromatic heterocycles. The van der Waals surface area contributed by atoms with Gasteiger partial charge in [0.2, 0.25) is 0 Å². The summed E-state index contributed by atoms with van der Waals surface area (Å²) in [6.07, 6.45) is -4.41. The lowest BCUT2D eigenvalue weighted by Gasteiger charge is -2.36. The Morgan fingerprint density at radius 3 is 2.35 bits per heavy atom. The Morgan fingerprint density at radius 1 is 1.25 bits per heavy atom. The monoisotopic (exact) mass is 374 g/mol. The topological polar surface area (TPSA) is 35.5 Å². The lowest BCUT2D eigenvalue weighted by Crippen LogP contribution is -2.49. The Kier molecular flexibility index (Phi) is 6.12. The fraction of sp³-hybridized carbons (Fsp3) is 0.500. The zero-order valence-electron chi connectivity index (χ0n) is 10.5. The number of alkyl halides is 3. The SMILES string of the molecule is Cl.Oc1cc(Br)ccc1[C@H](N1CCNCC1)C(F)(F)F. The fourth-order valence-electron chi connectivity index (χ4n) is 2.27. The number of nitrogens with one attached hydrogen (secondary N) is 1. The average molecular weight is 376 g/mol. The number of benzene rings is 1. The molecule has 1 atom stereocenters. The standard InChI is InChI=1S/C12H14BrF3N2O.ClH/c13-8-1-2-9(10(19)7-8)11(12(14,15)16)18-5-3-17-4-6-18;/h1-2,7,11,17,19H,3-6H2;1H/t11-;/m0./s1. The van der Waals surface area contributed by atoms with E-state index in [0.717, 1.165) is 0 Å². The van der Waals surface area contributed by atoms with Crippen LogP contribution in [-0.4, -0.2) is 42.4 Å². The van der Waals surface area contributed by atoms with E-state index in [1.807, 2.05) is 0 Å². The Morgan fingerprint density at radius 2 is 1.85 bits per heavy atom. The predicted octanol–water partition coefficient (Wildman–Crippen LogP) is 3.09. The number of hydrogen-bond acceptors (Lipinski definition) is 3. The highest BCUT2D eigenvalue weighted by atomic mass is 79.9. The minimum atomic E-state index is -4.41. The van der Waals surface area contributed by atoms with Crippen molar-refractivity contribution in [2.75, 3.05) is 26.2 Å². The van der Waals surface area contributed by atoms with E-state index in [2.05, 4.69) is 21.2 Å². The van der Waals surface area contributed by atoms with Crippen LogP contribution in [-0.2, 0) is 0 Å². The molecular formula is C12H15BrClF3N2O. The van der Waals surface area contributed by atoms with Gasteiger partial charge in [-0.2, -0.15) is 13.2 Å². The molecule has 0 bridgehead atoms. The molecule has 8 heteroatoms. The van der Waals surface area contributed by atoms with E-state index in [9.17, 15) is 18.3 Å². The lowest BCUT2D eigenvalue weighted by molar-refractivity contribution is -0.188. The third-order valence-electron chi connectivity index (χ3n) is 3.11. The molecule has 1 aliphatic heterocycles. The second kappa shape index (κ2) is 6.98. The van der Waals surface area contributed by atoms with Crippen molar-refractivity contribution < 1.29 is 18.3 Å². The second-order valence-electron chi connectivity index (χ2n) is 4.43. The van der Waals surface area contributed by atoms with Gasteiger partial charge in [0.05, 0.1) is 0 Å². The average Bonchev–Trinajstić information content (AvgIpc) is 2.32. The van der Waals surface area contributed by atoms with E-state index < -0.39 is 12.2 Å². The first-order valence-corrected chi connectivity index (χ1v) is 6.69. The quantitative estimate of drug-likeness (QED) is 0.834. The number of nitrogens with zero attached hydrogens (tertiary/aromatic N) is 1. The molecule has 114 valence electrons. The summed E-state index contributed by atoms with van der Waals surface area (Å²) in [6, 6.07) is 2.36. The molecule has 2 rings (SSSR count). The molecule has 20 heavy (non-hydrogen) atoms. The largest absolute Gasteiger partial charge is 0.508 e. The highest BCUT2D eigenvalue weighted by molar-refractivity contribution is 9.10. The number of phenolic OH excluding ortho intramolecular Hbond substituents is 1. The molecule has 2 N–H and O–H groups in total.